The highest BCUT2D eigenvalue weighted by atomic mass is 35.5. The van der Waals surface area contributed by atoms with E-state index in [1.54, 1.807) is 18.2 Å². The molecule has 0 amide bonds. The molecule has 1 unspecified atom stereocenters. The van der Waals surface area contributed by atoms with E-state index in [0.717, 1.165) is 6.07 Å². The van der Waals surface area contributed by atoms with Crippen LogP contribution in [0.25, 0.3) is 10.9 Å². The van der Waals surface area contributed by atoms with Crippen molar-refractivity contribution in [1.29, 1.82) is 0 Å². The maximum Gasteiger partial charge on any atom is 0.309 e. The second-order valence-electron chi connectivity index (χ2n) is 9.37. The third kappa shape index (κ3) is 5.88. The fourth-order valence-corrected chi connectivity index (χ4v) is 5.07. The monoisotopic (exact) mass is 546 g/mol. The number of carbonyl (C=O) groups is 1. The minimum absolute atomic E-state index is 0.173. The molecule has 0 aliphatic carbocycles. The molecule has 1 aliphatic heterocycles. The van der Waals surface area contributed by atoms with Gasteiger partial charge in [-0.1, -0.05) is 23.4 Å². The van der Waals surface area contributed by atoms with Gasteiger partial charge in [0.05, 0.1) is 41.3 Å². The molecule has 1 aromatic heterocycles. The number of halogens is 4. The zero-order chi connectivity index (χ0) is 27.4. The standard InChI is InChI=1S/C28H26ClF3N2O4/c1-38-19-4-5-23-20(15-19)25(21(29)16-33-23)24(35)6-7-28(27(36)37)8-11-34(12-9-28)10-2-3-17-13-18(30)14-22(31)26(17)32/h4-5,13-16,24,35H,6-12H2,1H3,(H,36,37). The maximum absolute atomic E-state index is 13.8. The van der Waals surface area contributed by atoms with Crippen LogP contribution in [-0.4, -0.2) is 52.8 Å². The minimum Gasteiger partial charge on any atom is -0.497 e. The summed E-state index contributed by atoms with van der Waals surface area (Å²) in [6.07, 6.45) is 1.48. The number of aliphatic carboxylic acids is 1. The number of carboxylic acids is 1. The molecule has 0 spiro atoms. The van der Waals surface area contributed by atoms with Gasteiger partial charge in [-0.2, -0.15) is 0 Å². The van der Waals surface area contributed by atoms with Gasteiger partial charge < -0.3 is 14.9 Å². The van der Waals surface area contributed by atoms with E-state index in [0.29, 0.717) is 54.2 Å². The molecule has 0 bridgehead atoms. The van der Waals surface area contributed by atoms with Crippen LogP contribution in [0.2, 0.25) is 5.02 Å². The summed E-state index contributed by atoms with van der Waals surface area (Å²) in [5.41, 5.74) is -0.305. The highest BCUT2D eigenvalue weighted by molar-refractivity contribution is 6.32. The average molecular weight is 547 g/mol. The van der Waals surface area contributed by atoms with Crippen LogP contribution < -0.4 is 4.74 Å². The number of fused-ring (bicyclic) bond motifs is 1. The first-order chi connectivity index (χ1) is 18.1. The van der Waals surface area contributed by atoms with Crippen LogP contribution in [0.4, 0.5) is 13.2 Å². The first-order valence-electron chi connectivity index (χ1n) is 12.0. The van der Waals surface area contributed by atoms with Gasteiger partial charge in [0.1, 0.15) is 11.6 Å². The molecule has 3 aromatic rings. The lowest BCUT2D eigenvalue weighted by Gasteiger charge is -2.38. The summed E-state index contributed by atoms with van der Waals surface area (Å²) in [5.74, 6) is 1.37. The Labute approximate surface area is 223 Å². The van der Waals surface area contributed by atoms with E-state index in [-0.39, 0.29) is 30.0 Å². The summed E-state index contributed by atoms with van der Waals surface area (Å²) in [6.45, 7) is 1.01. The summed E-state index contributed by atoms with van der Waals surface area (Å²) < 4.78 is 45.8. The van der Waals surface area contributed by atoms with Gasteiger partial charge in [0.25, 0.3) is 0 Å². The third-order valence-electron chi connectivity index (χ3n) is 7.08. The van der Waals surface area contributed by atoms with Crippen LogP contribution in [0.5, 0.6) is 5.75 Å². The van der Waals surface area contributed by atoms with Gasteiger partial charge in [-0.15, -0.1) is 0 Å². The van der Waals surface area contributed by atoms with E-state index in [9.17, 15) is 28.2 Å². The molecule has 2 heterocycles. The molecule has 38 heavy (non-hydrogen) atoms. The number of carboxylic acid groups (broad SMARTS) is 1. The lowest BCUT2D eigenvalue weighted by Crippen LogP contribution is -2.44. The van der Waals surface area contributed by atoms with Crippen molar-refractivity contribution in [1.82, 2.24) is 9.88 Å². The van der Waals surface area contributed by atoms with Crippen molar-refractivity contribution >= 4 is 28.5 Å². The molecule has 4 rings (SSSR count). The van der Waals surface area contributed by atoms with E-state index >= 15 is 0 Å². The Hall–Kier alpha value is -3.32. The highest BCUT2D eigenvalue weighted by Gasteiger charge is 2.41. The van der Waals surface area contributed by atoms with Crippen molar-refractivity contribution in [2.75, 3.05) is 26.7 Å². The number of likely N-dealkylation sites (tertiary alicyclic amines) is 1. The van der Waals surface area contributed by atoms with E-state index in [4.69, 9.17) is 16.3 Å². The fourth-order valence-electron chi connectivity index (χ4n) is 4.79. The van der Waals surface area contributed by atoms with Gasteiger partial charge in [0, 0.05) is 36.3 Å². The topological polar surface area (TPSA) is 82.9 Å². The predicted octanol–water partition coefficient (Wildman–Crippen LogP) is 5.35. The Morgan fingerprint density at radius 2 is 1.97 bits per heavy atom. The largest absolute Gasteiger partial charge is 0.497 e. The van der Waals surface area contributed by atoms with Gasteiger partial charge in [0.15, 0.2) is 11.6 Å². The fraction of sp³-hybridized carbons (Fsp3) is 0.357. The number of nitrogens with zero attached hydrogens (tertiary/aromatic N) is 2. The Morgan fingerprint density at radius 1 is 1.24 bits per heavy atom. The van der Waals surface area contributed by atoms with Crippen LogP contribution in [-0.2, 0) is 4.79 Å². The minimum atomic E-state index is -1.30. The number of aromatic nitrogens is 1. The normalized spacial score (nSPS) is 16.1. The number of aliphatic hydroxyl groups excluding tert-OH is 1. The van der Waals surface area contributed by atoms with Crippen LogP contribution in [0.15, 0.2) is 36.5 Å². The molecule has 6 nitrogen and oxygen atoms in total. The molecule has 1 atom stereocenters. The molecule has 1 saturated heterocycles. The Bertz CT molecular complexity index is 1410. The van der Waals surface area contributed by atoms with Crippen LogP contribution in [0, 0.1) is 34.7 Å². The zero-order valence-corrected chi connectivity index (χ0v) is 21.4. The Morgan fingerprint density at radius 3 is 2.66 bits per heavy atom. The van der Waals surface area contributed by atoms with Crippen molar-refractivity contribution in [3.05, 3.63) is 70.1 Å². The molecular weight excluding hydrogens is 521 g/mol. The molecule has 2 aromatic carbocycles. The second-order valence-corrected chi connectivity index (χ2v) is 9.78. The molecular formula is C28H26ClF3N2O4. The number of aliphatic hydroxyl groups is 1. The molecule has 1 aliphatic rings. The lowest BCUT2D eigenvalue weighted by molar-refractivity contribution is -0.153. The molecule has 0 radical (unpaired) electrons. The van der Waals surface area contributed by atoms with Gasteiger partial charge in [0.2, 0.25) is 0 Å². The van der Waals surface area contributed by atoms with E-state index in [1.165, 1.54) is 13.3 Å². The Kier molecular flexibility index (Phi) is 8.46. The quantitative estimate of drug-likeness (QED) is 0.307. The summed E-state index contributed by atoms with van der Waals surface area (Å²) >= 11 is 6.39. The summed E-state index contributed by atoms with van der Waals surface area (Å²) in [6, 6.07) is 6.54. The molecule has 10 heteroatoms. The van der Waals surface area contributed by atoms with E-state index in [1.807, 2.05) is 4.90 Å². The van der Waals surface area contributed by atoms with E-state index in [2.05, 4.69) is 16.8 Å². The number of ether oxygens (including phenoxy) is 1. The molecule has 200 valence electrons. The number of rotatable bonds is 7. The Balaban J connectivity index is 1.42. The van der Waals surface area contributed by atoms with Crippen molar-refractivity contribution in [2.45, 2.75) is 31.8 Å². The third-order valence-corrected chi connectivity index (χ3v) is 7.38. The molecule has 0 saturated carbocycles. The molecule has 2 N–H and O–H groups in total. The van der Waals surface area contributed by atoms with Crippen molar-refractivity contribution in [3.63, 3.8) is 0 Å². The summed E-state index contributed by atoms with van der Waals surface area (Å²) in [5, 5.41) is 22.1. The highest BCUT2D eigenvalue weighted by Crippen LogP contribution is 2.41. The maximum atomic E-state index is 13.8. The first-order valence-corrected chi connectivity index (χ1v) is 12.4. The van der Waals surface area contributed by atoms with Gasteiger partial charge in [-0.25, -0.2) is 13.2 Å². The van der Waals surface area contributed by atoms with Gasteiger partial charge in [-0.3, -0.25) is 14.7 Å². The number of hydrogen-bond acceptors (Lipinski definition) is 5. The van der Waals surface area contributed by atoms with Crippen LogP contribution >= 0.6 is 11.6 Å². The number of benzene rings is 2. The first kappa shape index (κ1) is 27.7. The van der Waals surface area contributed by atoms with Gasteiger partial charge in [-0.05, 0) is 49.9 Å². The SMILES string of the molecule is COc1ccc2ncc(Cl)c(C(O)CCC3(C(=O)O)CCN(CC#Cc4cc(F)cc(F)c4F)CC3)c2c1. The van der Waals surface area contributed by atoms with Crippen molar-refractivity contribution in [2.24, 2.45) is 5.41 Å². The summed E-state index contributed by atoms with van der Waals surface area (Å²) in [4.78, 5) is 18.5. The number of hydrogen-bond donors (Lipinski definition) is 2. The van der Waals surface area contributed by atoms with Crippen LogP contribution in [0.3, 0.4) is 0 Å². The zero-order valence-electron chi connectivity index (χ0n) is 20.6. The summed E-state index contributed by atoms with van der Waals surface area (Å²) in [7, 11) is 1.53. The average Bonchev–Trinajstić information content (AvgIpc) is 2.90. The van der Waals surface area contributed by atoms with Crippen molar-refractivity contribution < 1.29 is 32.9 Å². The smallest absolute Gasteiger partial charge is 0.309 e. The number of piperidine rings is 1. The van der Waals surface area contributed by atoms with Crippen molar-refractivity contribution in [3.8, 4) is 17.6 Å². The van der Waals surface area contributed by atoms with Gasteiger partial charge >= 0.3 is 5.97 Å². The lowest BCUT2D eigenvalue weighted by atomic mass is 9.74. The van der Waals surface area contributed by atoms with Crippen LogP contribution in [0.1, 0.15) is 42.9 Å². The molecule has 1 fully saturated rings. The number of methoxy groups -OCH3 is 1. The number of pyridine rings is 1. The second kappa shape index (κ2) is 11.6. The predicted molar refractivity (Wildman–Crippen MR) is 136 cm³/mol. The van der Waals surface area contributed by atoms with E-state index < -0.39 is 34.9 Å².